The van der Waals surface area contributed by atoms with Gasteiger partial charge in [0.2, 0.25) is 5.95 Å². The molecule has 0 amide bonds. The molecule has 0 aliphatic carbocycles. The van der Waals surface area contributed by atoms with E-state index >= 15 is 0 Å². The van der Waals surface area contributed by atoms with Gasteiger partial charge < -0.3 is 15.4 Å². The van der Waals surface area contributed by atoms with Crippen LogP contribution in [0.4, 0.5) is 11.8 Å². The molecule has 0 radical (unpaired) electrons. The largest absolute Gasteiger partial charge is 0.378 e. The Hall–Kier alpha value is -0.780. The lowest BCUT2D eigenvalue weighted by Gasteiger charge is -2.28. The van der Waals surface area contributed by atoms with Gasteiger partial charge in [-0.2, -0.15) is 9.97 Å². The number of morpholine rings is 1. The highest BCUT2D eigenvalue weighted by atomic mass is 35.5. The maximum absolute atomic E-state index is 6.00. The minimum Gasteiger partial charge on any atom is -0.378 e. The highest BCUT2D eigenvalue weighted by Gasteiger charge is 2.18. The van der Waals surface area contributed by atoms with Gasteiger partial charge in [0.1, 0.15) is 5.02 Å². The smallest absolute Gasteiger partial charge is 0.223 e. The molecule has 1 aromatic heterocycles. The van der Waals surface area contributed by atoms with Crippen LogP contribution in [0.1, 0.15) is 0 Å². The Morgan fingerprint density at radius 1 is 1.20 bits per heavy atom. The zero-order chi connectivity index (χ0) is 10.8. The van der Waals surface area contributed by atoms with Crippen LogP contribution in [0.25, 0.3) is 0 Å². The molecule has 15 heavy (non-hydrogen) atoms. The third-order valence-corrected chi connectivity index (χ3v) is 2.84. The Kier molecular flexibility index (Phi) is 3.14. The van der Waals surface area contributed by atoms with Crippen LogP contribution in [0.15, 0.2) is 0 Å². The Balaban J connectivity index is 2.33. The van der Waals surface area contributed by atoms with E-state index in [9.17, 15) is 0 Å². The molecule has 1 aromatic rings. The highest BCUT2D eigenvalue weighted by molar-refractivity contribution is 6.42. The summed E-state index contributed by atoms with van der Waals surface area (Å²) in [6, 6.07) is 0. The summed E-state index contributed by atoms with van der Waals surface area (Å²) in [6.07, 6.45) is 0. The van der Waals surface area contributed by atoms with Crippen LogP contribution in [0, 0.1) is 0 Å². The number of hydrogen-bond donors (Lipinski definition) is 1. The molecule has 0 spiro atoms. The van der Waals surface area contributed by atoms with Crippen molar-refractivity contribution in [3.05, 3.63) is 10.2 Å². The van der Waals surface area contributed by atoms with Crippen molar-refractivity contribution >= 4 is 35.0 Å². The number of nitrogen functional groups attached to an aromatic ring is 1. The number of ether oxygens (including phenoxy) is 1. The second kappa shape index (κ2) is 4.38. The van der Waals surface area contributed by atoms with Gasteiger partial charge in [-0.25, -0.2) is 0 Å². The van der Waals surface area contributed by atoms with E-state index in [0.29, 0.717) is 24.1 Å². The molecule has 5 nitrogen and oxygen atoms in total. The zero-order valence-corrected chi connectivity index (χ0v) is 9.42. The Bertz CT molecular complexity index is 368. The molecule has 1 saturated heterocycles. The maximum atomic E-state index is 6.00. The van der Waals surface area contributed by atoms with E-state index in [0.717, 1.165) is 13.1 Å². The van der Waals surface area contributed by atoms with E-state index in [1.165, 1.54) is 0 Å². The van der Waals surface area contributed by atoms with Gasteiger partial charge >= 0.3 is 0 Å². The van der Waals surface area contributed by atoms with Gasteiger partial charge in [0.15, 0.2) is 11.0 Å². The van der Waals surface area contributed by atoms with Crippen LogP contribution < -0.4 is 10.6 Å². The summed E-state index contributed by atoms with van der Waals surface area (Å²) in [6.45, 7) is 2.76. The van der Waals surface area contributed by atoms with Crippen molar-refractivity contribution in [3.63, 3.8) is 0 Å². The molecule has 0 aromatic carbocycles. The molecule has 0 saturated carbocycles. The highest BCUT2D eigenvalue weighted by Crippen LogP contribution is 2.30. The lowest BCUT2D eigenvalue weighted by molar-refractivity contribution is 0.122. The van der Waals surface area contributed by atoms with Crippen molar-refractivity contribution < 1.29 is 4.74 Å². The third-order valence-electron chi connectivity index (χ3n) is 2.12. The molecule has 2 N–H and O–H groups in total. The van der Waals surface area contributed by atoms with Gasteiger partial charge in [0.25, 0.3) is 0 Å². The normalized spacial score (nSPS) is 16.8. The Morgan fingerprint density at radius 3 is 2.53 bits per heavy atom. The molecule has 0 unspecified atom stereocenters. The van der Waals surface area contributed by atoms with Gasteiger partial charge in [-0.3, -0.25) is 0 Å². The average Bonchev–Trinajstić information content (AvgIpc) is 2.24. The second-order valence-electron chi connectivity index (χ2n) is 3.11. The first kappa shape index (κ1) is 10.7. The number of rotatable bonds is 1. The predicted octanol–water partition coefficient (Wildman–Crippen LogP) is 1.20. The number of hydrogen-bond acceptors (Lipinski definition) is 5. The van der Waals surface area contributed by atoms with Gasteiger partial charge in [0.05, 0.1) is 13.2 Å². The van der Waals surface area contributed by atoms with E-state index in [2.05, 4.69) is 9.97 Å². The molecule has 1 aliphatic rings. The van der Waals surface area contributed by atoms with Crippen molar-refractivity contribution in [2.45, 2.75) is 0 Å². The lowest BCUT2D eigenvalue weighted by atomic mass is 10.4. The standard InChI is InChI=1S/C8H10Cl2N4O/c9-5-6(10)12-8(11)13-7(5)14-1-3-15-4-2-14/h1-4H2,(H2,11,12,13). The molecule has 2 rings (SSSR count). The van der Waals surface area contributed by atoms with Crippen molar-refractivity contribution in [2.24, 2.45) is 0 Å². The van der Waals surface area contributed by atoms with Crippen molar-refractivity contribution in [1.29, 1.82) is 0 Å². The third kappa shape index (κ3) is 2.25. The van der Waals surface area contributed by atoms with Crippen LogP contribution in [-0.2, 0) is 4.74 Å². The number of anilines is 2. The minimum absolute atomic E-state index is 0.130. The summed E-state index contributed by atoms with van der Waals surface area (Å²) >= 11 is 11.8. The van der Waals surface area contributed by atoms with Crippen LogP contribution >= 0.6 is 23.2 Å². The monoisotopic (exact) mass is 248 g/mol. The summed E-state index contributed by atoms with van der Waals surface area (Å²) in [5.74, 6) is 0.711. The van der Waals surface area contributed by atoms with E-state index in [1.54, 1.807) is 0 Å². The van der Waals surface area contributed by atoms with Crippen LogP contribution in [0.3, 0.4) is 0 Å². The number of halogens is 2. The predicted molar refractivity (Wildman–Crippen MR) is 59.5 cm³/mol. The summed E-state index contributed by atoms with van der Waals surface area (Å²) < 4.78 is 5.23. The lowest BCUT2D eigenvalue weighted by Crippen LogP contribution is -2.37. The number of nitrogens with zero attached hydrogens (tertiary/aromatic N) is 3. The van der Waals surface area contributed by atoms with Crippen LogP contribution in [-0.4, -0.2) is 36.3 Å². The molecule has 7 heteroatoms. The fraction of sp³-hybridized carbons (Fsp3) is 0.500. The molecular formula is C8H10Cl2N4O. The first-order chi connectivity index (χ1) is 7.18. The first-order valence-corrected chi connectivity index (χ1v) is 5.25. The summed E-state index contributed by atoms with van der Waals surface area (Å²) in [5, 5.41) is 0.526. The fourth-order valence-electron chi connectivity index (χ4n) is 1.41. The van der Waals surface area contributed by atoms with Gasteiger partial charge in [0, 0.05) is 13.1 Å². The van der Waals surface area contributed by atoms with Crippen molar-refractivity contribution in [2.75, 3.05) is 36.9 Å². The van der Waals surface area contributed by atoms with E-state index in [-0.39, 0.29) is 11.1 Å². The fourth-order valence-corrected chi connectivity index (χ4v) is 1.78. The number of nitrogens with two attached hydrogens (primary N) is 1. The van der Waals surface area contributed by atoms with E-state index < -0.39 is 0 Å². The summed E-state index contributed by atoms with van der Waals surface area (Å²) in [5.41, 5.74) is 5.51. The maximum Gasteiger partial charge on any atom is 0.223 e. The van der Waals surface area contributed by atoms with Crippen LogP contribution in [0.5, 0.6) is 0 Å². The number of aromatic nitrogens is 2. The zero-order valence-electron chi connectivity index (χ0n) is 7.91. The van der Waals surface area contributed by atoms with Crippen molar-refractivity contribution in [3.8, 4) is 0 Å². The molecule has 82 valence electrons. The molecule has 2 heterocycles. The summed E-state index contributed by atoms with van der Waals surface area (Å²) in [7, 11) is 0. The summed E-state index contributed by atoms with van der Waals surface area (Å²) in [4.78, 5) is 9.83. The SMILES string of the molecule is Nc1nc(Cl)c(Cl)c(N2CCOCC2)n1. The van der Waals surface area contributed by atoms with Crippen LogP contribution in [0.2, 0.25) is 10.2 Å². The minimum atomic E-state index is 0.130. The molecular weight excluding hydrogens is 239 g/mol. The average molecular weight is 249 g/mol. The molecule has 1 aliphatic heterocycles. The van der Waals surface area contributed by atoms with Crippen molar-refractivity contribution in [1.82, 2.24) is 9.97 Å². The van der Waals surface area contributed by atoms with E-state index in [1.807, 2.05) is 4.90 Å². The quantitative estimate of drug-likeness (QED) is 0.757. The van der Waals surface area contributed by atoms with E-state index in [4.69, 9.17) is 33.7 Å². The topological polar surface area (TPSA) is 64.3 Å². The molecule has 0 atom stereocenters. The molecule has 1 fully saturated rings. The molecule has 0 bridgehead atoms. The second-order valence-corrected chi connectivity index (χ2v) is 3.85. The first-order valence-electron chi connectivity index (χ1n) is 4.49. The Labute approximate surface area is 97.1 Å². The Morgan fingerprint density at radius 2 is 1.87 bits per heavy atom. The van der Waals surface area contributed by atoms with Gasteiger partial charge in [-0.1, -0.05) is 23.2 Å². The van der Waals surface area contributed by atoms with Gasteiger partial charge in [-0.05, 0) is 0 Å². The van der Waals surface area contributed by atoms with Gasteiger partial charge in [-0.15, -0.1) is 0 Å².